The maximum absolute atomic E-state index is 14.7. The van der Waals surface area contributed by atoms with Gasteiger partial charge in [0.05, 0.1) is 10.6 Å². The summed E-state index contributed by atoms with van der Waals surface area (Å²) in [5.41, 5.74) is 4.35. The van der Waals surface area contributed by atoms with Gasteiger partial charge in [-0.25, -0.2) is 8.42 Å². The van der Waals surface area contributed by atoms with Crippen molar-refractivity contribution >= 4 is 50.7 Å². The number of amides is 2. The first kappa shape index (κ1) is 36.0. The Morgan fingerprint density at radius 1 is 0.830 bits per heavy atom. The van der Waals surface area contributed by atoms with Crippen molar-refractivity contribution in [3.8, 4) is 0 Å². The van der Waals surface area contributed by atoms with Crippen molar-refractivity contribution in [2.24, 2.45) is 0 Å². The Kier molecular flexibility index (Phi) is 12.1. The number of aryl methyl sites for hydroxylation is 3. The number of carbonyl (C=O) groups excluding carboxylic acids is 2. The van der Waals surface area contributed by atoms with Crippen LogP contribution in [0.4, 0.5) is 5.69 Å². The topological polar surface area (TPSA) is 86.8 Å². The van der Waals surface area contributed by atoms with Crippen LogP contribution in [0.15, 0.2) is 95.9 Å². The van der Waals surface area contributed by atoms with Crippen LogP contribution in [-0.2, 0) is 32.6 Å². The summed E-state index contributed by atoms with van der Waals surface area (Å²) in [7, 11) is -4.21. The predicted molar refractivity (Wildman–Crippen MR) is 190 cm³/mol. The maximum atomic E-state index is 14.7. The number of sulfonamides is 1. The predicted octanol–water partition coefficient (Wildman–Crippen LogP) is 7.67. The summed E-state index contributed by atoms with van der Waals surface area (Å²) >= 11 is 12.8. The standard InChI is InChI=1S/C37H41Cl2N3O4S/c1-6-28(5)40-37(44)35(21-29-10-8-7-9-11-29)41(23-30-14-15-31(38)22-34(30)39)36(43)24-42(32-19-26(3)18-27(4)20-32)47(45,46)33-16-12-25(2)13-17-33/h7-20,22,28,35H,6,21,23-24H2,1-5H3,(H,40,44)/t28-,35-/m1/s1. The van der Waals surface area contributed by atoms with Gasteiger partial charge in [-0.05, 0) is 92.8 Å². The SMILES string of the molecule is CC[C@@H](C)NC(=O)[C@@H](Cc1ccccc1)N(Cc1ccc(Cl)cc1Cl)C(=O)CN(c1cc(C)cc(C)c1)S(=O)(=O)c1ccc(C)cc1. The Morgan fingerprint density at radius 3 is 2.06 bits per heavy atom. The van der Waals surface area contributed by atoms with Gasteiger partial charge in [0.1, 0.15) is 12.6 Å². The molecule has 4 rings (SSSR count). The number of halogens is 2. The lowest BCUT2D eigenvalue weighted by Gasteiger charge is -2.34. The van der Waals surface area contributed by atoms with Gasteiger partial charge in [0.25, 0.3) is 10.0 Å². The molecule has 7 nitrogen and oxygen atoms in total. The highest BCUT2D eigenvalue weighted by molar-refractivity contribution is 7.92. The summed E-state index contributed by atoms with van der Waals surface area (Å²) < 4.78 is 29.7. The van der Waals surface area contributed by atoms with Crippen LogP contribution in [0.2, 0.25) is 10.0 Å². The maximum Gasteiger partial charge on any atom is 0.264 e. The van der Waals surface area contributed by atoms with Gasteiger partial charge in [0, 0.05) is 29.1 Å². The normalized spacial score (nSPS) is 12.7. The van der Waals surface area contributed by atoms with Crippen LogP contribution < -0.4 is 9.62 Å². The molecule has 10 heteroatoms. The van der Waals surface area contributed by atoms with Gasteiger partial charge in [0.15, 0.2) is 0 Å². The molecule has 248 valence electrons. The van der Waals surface area contributed by atoms with E-state index in [1.165, 1.54) is 17.0 Å². The number of rotatable bonds is 13. The third kappa shape index (κ3) is 9.37. The molecular weight excluding hydrogens is 653 g/mol. The zero-order chi connectivity index (χ0) is 34.3. The minimum absolute atomic E-state index is 0.0501. The Balaban J connectivity index is 1.85. The number of nitrogens with zero attached hydrogens (tertiary/aromatic N) is 2. The lowest BCUT2D eigenvalue weighted by molar-refractivity contribution is -0.140. The molecule has 2 atom stereocenters. The van der Waals surface area contributed by atoms with Crippen molar-refractivity contribution in [1.29, 1.82) is 0 Å². The third-order valence-electron chi connectivity index (χ3n) is 8.01. The van der Waals surface area contributed by atoms with E-state index in [0.717, 1.165) is 26.6 Å². The number of anilines is 1. The monoisotopic (exact) mass is 693 g/mol. The van der Waals surface area contributed by atoms with Crippen LogP contribution in [0.25, 0.3) is 0 Å². The zero-order valence-electron chi connectivity index (χ0n) is 27.3. The van der Waals surface area contributed by atoms with E-state index in [0.29, 0.717) is 27.7 Å². The van der Waals surface area contributed by atoms with Gasteiger partial charge in [-0.15, -0.1) is 0 Å². The zero-order valence-corrected chi connectivity index (χ0v) is 29.7. The van der Waals surface area contributed by atoms with E-state index < -0.39 is 28.5 Å². The van der Waals surface area contributed by atoms with Gasteiger partial charge < -0.3 is 10.2 Å². The van der Waals surface area contributed by atoms with Crippen LogP contribution in [-0.4, -0.2) is 43.8 Å². The lowest BCUT2D eigenvalue weighted by Crippen LogP contribution is -2.54. The van der Waals surface area contributed by atoms with Gasteiger partial charge in [-0.1, -0.05) is 90.3 Å². The van der Waals surface area contributed by atoms with E-state index in [-0.39, 0.29) is 29.8 Å². The largest absolute Gasteiger partial charge is 0.352 e. The second kappa shape index (κ2) is 15.8. The first-order valence-corrected chi connectivity index (χ1v) is 17.7. The Hall–Kier alpha value is -3.85. The molecule has 0 saturated heterocycles. The molecule has 4 aromatic carbocycles. The van der Waals surface area contributed by atoms with Gasteiger partial charge >= 0.3 is 0 Å². The van der Waals surface area contributed by atoms with E-state index in [2.05, 4.69) is 5.32 Å². The Bertz CT molecular complexity index is 1800. The summed E-state index contributed by atoms with van der Waals surface area (Å²) in [5, 5.41) is 3.79. The molecule has 0 radical (unpaired) electrons. The Labute approximate surface area is 288 Å². The molecule has 0 unspecified atom stereocenters. The fourth-order valence-electron chi connectivity index (χ4n) is 5.29. The molecule has 0 aliphatic heterocycles. The molecule has 0 aliphatic rings. The van der Waals surface area contributed by atoms with E-state index in [1.807, 2.05) is 71.0 Å². The van der Waals surface area contributed by atoms with Crippen molar-refractivity contribution in [2.45, 2.75) is 71.0 Å². The summed E-state index contributed by atoms with van der Waals surface area (Å²) in [6.07, 6.45) is 0.893. The van der Waals surface area contributed by atoms with E-state index in [9.17, 15) is 18.0 Å². The summed E-state index contributed by atoms with van der Waals surface area (Å²) in [6.45, 7) is 8.88. The molecule has 0 aliphatic carbocycles. The average molecular weight is 695 g/mol. The molecule has 1 N–H and O–H groups in total. The highest BCUT2D eigenvalue weighted by Gasteiger charge is 2.35. The first-order valence-electron chi connectivity index (χ1n) is 15.5. The van der Waals surface area contributed by atoms with Crippen molar-refractivity contribution in [3.63, 3.8) is 0 Å². The molecule has 0 saturated carbocycles. The summed E-state index contributed by atoms with van der Waals surface area (Å²) in [6, 6.07) is 25.2. The molecule has 0 spiro atoms. The number of hydrogen-bond donors (Lipinski definition) is 1. The molecule has 47 heavy (non-hydrogen) atoms. The number of hydrogen-bond acceptors (Lipinski definition) is 4. The molecule has 4 aromatic rings. The van der Waals surface area contributed by atoms with Gasteiger partial charge in [-0.3, -0.25) is 13.9 Å². The number of carbonyl (C=O) groups is 2. The second-order valence-corrected chi connectivity index (χ2v) is 14.7. The molecule has 0 fully saturated rings. The number of benzene rings is 4. The highest BCUT2D eigenvalue weighted by Crippen LogP contribution is 2.28. The van der Waals surface area contributed by atoms with Crippen LogP contribution >= 0.6 is 23.2 Å². The van der Waals surface area contributed by atoms with Gasteiger partial charge in [0.2, 0.25) is 11.8 Å². The minimum Gasteiger partial charge on any atom is -0.352 e. The van der Waals surface area contributed by atoms with E-state index in [1.54, 1.807) is 42.5 Å². The first-order chi connectivity index (χ1) is 22.3. The number of nitrogens with one attached hydrogen (secondary N) is 1. The second-order valence-electron chi connectivity index (χ2n) is 12.0. The highest BCUT2D eigenvalue weighted by atomic mass is 35.5. The Morgan fingerprint density at radius 2 is 1.47 bits per heavy atom. The van der Waals surface area contributed by atoms with Crippen LogP contribution in [0, 0.1) is 20.8 Å². The molecule has 0 aromatic heterocycles. The minimum atomic E-state index is -4.21. The quantitative estimate of drug-likeness (QED) is 0.156. The van der Waals surface area contributed by atoms with Crippen LogP contribution in [0.3, 0.4) is 0 Å². The smallest absolute Gasteiger partial charge is 0.264 e. The summed E-state index contributed by atoms with van der Waals surface area (Å²) in [4.78, 5) is 30.2. The average Bonchev–Trinajstić information content (AvgIpc) is 3.02. The molecule has 0 heterocycles. The lowest BCUT2D eigenvalue weighted by atomic mass is 10.0. The van der Waals surface area contributed by atoms with Crippen LogP contribution in [0.5, 0.6) is 0 Å². The van der Waals surface area contributed by atoms with Crippen molar-refractivity contribution in [1.82, 2.24) is 10.2 Å². The van der Waals surface area contributed by atoms with Crippen molar-refractivity contribution in [2.75, 3.05) is 10.8 Å². The fraction of sp³-hybridized carbons (Fsp3) is 0.297. The molecular formula is C37H41Cl2N3O4S. The third-order valence-corrected chi connectivity index (χ3v) is 10.4. The van der Waals surface area contributed by atoms with E-state index >= 15 is 0 Å². The van der Waals surface area contributed by atoms with Crippen molar-refractivity contribution in [3.05, 3.63) is 129 Å². The van der Waals surface area contributed by atoms with Crippen molar-refractivity contribution < 1.29 is 18.0 Å². The molecule has 0 bridgehead atoms. The van der Waals surface area contributed by atoms with Crippen LogP contribution in [0.1, 0.15) is 48.1 Å². The van der Waals surface area contributed by atoms with Gasteiger partial charge in [-0.2, -0.15) is 0 Å². The van der Waals surface area contributed by atoms with E-state index in [4.69, 9.17) is 23.2 Å². The fourth-order valence-corrected chi connectivity index (χ4v) is 7.16. The summed E-state index contributed by atoms with van der Waals surface area (Å²) in [5.74, 6) is -0.910. The molecule has 2 amide bonds.